The Balaban J connectivity index is 1.65. The number of rotatable bonds is 3. The third-order valence-corrected chi connectivity index (χ3v) is 5.92. The van der Waals surface area contributed by atoms with Crippen molar-refractivity contribution in [1.29, 1.82) is 0 Å². The zero-order chi connectivity index (χ0) is 14.9. The minimum atomic E-state index is -3.85. The van der Waals surface area contributed by atoms with E-state index >= 15 is 0 Å². The van der Waals surface area contributed by atoms with E-state index < -0.39 is 22.2 Å². The summed E-state index contributed by atoms with van der Waals surface area (Å²) in [7, 11) is -3.85. The van der Waals surface area contributed by atoms with Crippen LogP contribution in [0.1, 0.15) is 10.4 Å². The van der Waals surface area contributed by atoms with Gasteiger partial charge >= 0.3 is 10.2 Å². The highest BCUT2D eigenvalue weighted by molar-refractivity contribution is 7.87. The molecule has 7 nitrogen and oxygen atoms in total. The van der Waals surface area contributed by atoms with Gasteiger partial charge in [0.05, 0.1) is 19.8 Å². The van der Waals surface area contributed by atoms with E-state index in [1.165, 1.54) is 9.18 Å². The normalized spacial score (nSPS) is 23.5. The molecule has 0 saturated carbocycles. The van der Waals surface area contributed by atoms with Crippen molar-refractivity contribution >= 4 is 27.5 Å². The minimum absolute atomic E-state index is 0.0794. The van der Waals surface area contributed by atoms with Gasteiger partial charge in [0.1, 0.15) is 0 Å². The number of hydrogen-bond acceptors (Lipinski definition) is 6. The lowest BCUT2D eigenvalue weighted by Crippen LogP contribution is -2.50. The largest absolute Gasteiger partial charge is 0.376 e. The fourth-order valence-electron chi connectivity index (χ4n) is 2.32. The summed E-state index contributed by atoms with van der Waals surface area (Å²) in [6.07, 6.45) is -0.194. The standard InChI is InChI=1S/C12H16N2O5S2/c15-12(10-8-18-4-5-19-10)13-21(16,17)14-3-1-11-9(7-14)2-6-20-11/h2,6,10H,1,3-5,7-8H2,(H,13,15). The van der Waals surface area contributed by atoms with Crippen LogP contribution in [-0.4, -0.2) is 51.1 Å². The number of carbonyl (C=O) groups is 1. The summed E-state index contributed by atoms with van der Waals surface area (Å²) in [6.45, 7) is 1.46. The fraction of sp³-hybridized carbons (Fsp3) is 0.583. The lowest BCUT2D eigenvalue weighted by Gasteiger charge is -2.27. The van der Waals surface area contributed by atoms with Crippen molar-refractivity contribution in [2.45, 2.75) is 19.1 Å². The Kier molecular flexibility index (Phi) is 4.27. The van der Waals surface area contributed by atoms with E-state index in [1.807, 2.05) is 11.4 Å². The molecule has 1 N–H and O–H groups in total. The van der Waals surface area contributed by atoms with E-state index in [2.05, 4.69) is 4.72 Å². The van der Waals surface area contributed by atoms with E-state index in [0.717, 1.165) is 5.56 Å². The molecule has 1 unspecified atom stereocenters. The number of ether oxygens (including phenoxy) is 2. The summed E-state index contributed by atoms with van der Waals surface area (Å²) >= 11 is 1.63. The van der Waals surface area contributed by atoms with Crippen LogP contribution in [0.2, 0.25) is 0 Å². The maximum atomic E-state index is 12.3. The lowest BCUT2D eigenvalue weighted by atomic mass is 10.1. The first-order valence-corrected chi connectivity index (χ1v) is 8.94. The summed E-state index contributed by atoms with van der Waals surface area (Å²) in [5.74, 6) is -0.675. The number of carbonyl (C=O) groups excluding carboxylic acids is 1. The van der Waals surface area contributed by atoms with E-state index in [0.29, 0.717) is 32.7 Å². The summed E-state index contributed by atoms with van der Waals surface area (Å²) in [5, 5.41) is 1.95. The van der Waals surface area contributed by atoms with Crippen LogP contribution >= 0.6 is 11.3 Å². The van der Waals surface area contributed by atoms with Gasteiger partial charge in [0.2, 0.25) is 0 Å². The number of nitrogens with one attached hydrogen (secondary N) is 1. The van der Waals surface area contributed by atoms with E-state index in [4.69, 9.17) is 9.47 Å². The van der Waals surface area contributed by atoms with Gasteiger partial charge < -0.3 is 9.47 Å². The Morgan fingerprint density at radius 3 is 3.05 bits per heavy atom. The SMILES string of the molecule is O=C(NS(=O)(=O)N1CCc2sccc2C1)C1COCCO1. The maximum Gasteiger partial charge on any atom is 0.304 e. The Bertz CT molecular complexity index is 621. The zero-order valence-electron chi connectivity index (χ0n) is 11.3. The van der Waals surface area contributed by atoms with Crippen molar-refractivity contribution in [3.63, 3.8) is 0 Å². The molecule has 1 amide bonds. The highest BCUT2D eigenvalue weighted by Gasteiger charge is 2.32. The predicted molar refractivity (Wildman–Crippen MR) is 76.1 cm³/mol. The molecule has 116 valence electrons. The Hall–Kier alpha value is -1.00. The molecular formula is C12H16N2O5S2. The monoisotopic (exact) mass is 332 g/mol. The molecule has 2 aliphatic rings. The van der Waals surface area contributed by atoms with Gasteiger partial charge in [-0.05, 0) is 23.4 Å². The van der Waals surface area contributed by atoms with Gasteiger partial charge in [-0.1, -0.05) is 0 Å². The van der Waals surface area contributed by atoms with E-state index in [-0.39, 0.29) is 6.61 Å². The van der Waals surface area contributed by atoms with Crippen molar-refractivity contribution in [3.8, 4) is 0 Å². The molecule has 3 heterocycles. The van der Waals surface area contributed by atoms with Crippen LogP contribution in [0.4, 0.5) is 0 Å². The molecule has 3 rings (SSSR count). The molecule has 0 aliphatic carbocycles. The molecule has 0 spiro atoms. The van der Waals surface area contributed by atoms with Crippen molar-refractivity contribution < 1.29 is 22.7 Å². The van der Waals surface area contributed by atoms with E-state index in [1.54, 1.807) is 11.3 Å². The maximum absolute atomic E-state index is 12.3. The second kappa shape index (κ2) is 6.01. The van der Waals surface area contributed by atoms with Gasteiger partial charge in [-0.25, -0.2) is 4.72 Å². The van der Waals surface area contributed by atoms with Crippen LogP contribution < -0.4 is 4.72 Å². The zero-order valence-corrected chi connectivity index (χ0v) is 12.9. The van der Waals surface area contributed by atoms with Crippen LogP contribution in [0, 0.1) is 0 Å². The highest BCUT2D eigenvalue weighted by Crippen LogP contribution is 2.25. The van der Waals surface area contributed by atoms with Gasteiger partial charge in [0.15, 0.2) is 6.10 Å². The van der Waals surface area contributed by atoms with Crippen molar-refractivity contribution in [2.24, 2.45) is 0 Å². The van der Waals surface area contributed by atoms with Crippen molar-refractivity contribution in [3.05, 3.63) is 21.9 Å². The summed E-state index contributed by atoms with van der Waals surface area (Å²) in [4.78, 5) is 13.1. The fourth-order valence-corrected chi connectivity index (χ4v) is 4.37. The Labute approximate surface area is 127 Å². The molecule has 0 bridgehead atoms. The average Bonchev–Trinajstić information content (AvgIpc) is 2.95. The number of fused-ring (bicyclic) bond motifs is 1. The van der Waals surface area contributed by atoms with Crippen molar-refractivity contribution in [2.75, 3.05) is 26.4 Å². The molecular weight excluding hydrogens is 316 g/mol. The number of thiophene rings is 1. The topological polar surface area (TPSA) is 84.9 Å². The van der Waals surface area contributed by atoms with Crippen molar-refractivity contribution in [1.82, 2.24) is 9.03 Å². The first kappa shape index (κ1) is 14.9. The highest BCUT2D eigenvalue weighted by atomic mass is 32.2. The van der Waals surface area contributed by atoms with Gasteiger partial charge in [0.25, 0.3) is 5.91 Å². The van der Waals surface area contributed by atoms with Gasteiger partial charge in [0, 0.05) is 18.0 Å². The molecule has 1 fully saturated rings. The molecule has 9 heteroatoms. The number of nitrogens with zero attached hydrogens (tertiary/aromatic N) is 1. The average molecular weight is 332 g/mol. The smallest absolute Gasteiger partial charge is 0.304 e. The minimum Gasteiger partial charge on any atom is -0.376 e. The third-order valence-electron chi connectivity index (χ3n) is 3.45. The van der Waals surface area contributed by atoms with Gasteiger partial charge in [-0.2, -0.15) is 12.7 Å². The second-order valence-electron chi connectivity index (χ2n) is 4.86. The third kappa shape index (κ3) is 3.27. The first-order valence-electron chi connectivity index (χ1n) is 6.62. The van der Waals surface area contributed by atoms with Gasteiger partial charge in [-0.15, -0.1) is 11.3 Å². The van der Waals surface area contributed by atoms with Crippen LogP contribution in [0.5, 0.6) is 0 Å². The predicted octanol–water partition coefficient (Wildman–Crippen LogP) is -0.117. The van der Waals surface area contributed by atoms with Crippen LogP contribution in [-0.2, 0) is 37.4 Å². The number of amides is 1. The summed E-state index contributed by atoms with van der Waals surface area (Å²) in [6, 6.07) is 1.92. The molecule has 1 saturated heterocycles. The lowest BCUT2D eigenvalue weighted by molar-refractivity contribution is -0.145. The molecule has 2 aliphatic heterocycles. The Morgan fingerprint density at radius 1 is 1.43 bits per heavy atom. The summed E-state index contributed by atoms with van der Waals surface area (Å²) < 4.78 is 38.2. The van der Waals surface area contributed by atoms with Gasteiger partial charge in [-0.3, -0.25) is 4.79 Å². The van der Waals surface area contributed by atoms with Crippen LogP contribution in [0.3, 0.4) is 0 Å². The molecule has 1 aromatic heterocycles. The number of hydrogen-bond donors (Lipinski definition) is 1. The molecule has 1 aromatic rings. The molecule has 0 radical (unpaired) electrons. The quantitative estimate of drug-likeness (QED) is 0.834. The molecule has 1 atom stereocenters. The molecule has 0 aromatic carbocycles. The summed E-state index contributed by atoms with van der Waals surface area (Å²) in [5.41, 5.74) is 1.00. The molecule has 21 heavy (non-hydrogen) atoms. The van der Waals surface area contributed by atoms with Crippen LogP contribution in [0.15, 0.2) is 11.4 Å². The Morgan fingerprint density at radius 2 is 2.29 bits per heavy atom. The second-order valence-corrected chi connectivity index (χ2v) is 7.53. The first-order chi connectivity index (χ1) is 10.1. The van der Waals surface area contributed by atoms with E-state index in [9.17, 15) is 13.2 Å². The van der Waals surface area contributed by atoms with Crippen LogP contribution in [0.25, 0.3) is 0 Å².